The maximum atomic E-state index is 14.2. The Morgan fingerprint density at radius 2 is 1.86 bits per heavy atom. The van der Waals surface area contributed by atoms with Crippen LogP contribution in [0.4, 0.5) is 4.39 Å². The van der Waals surface area contributed by atoms with Crippen molar-refractivity contribution in [1.29, 1.82) is 0 Å². The Morgan fingerprint density at radius 1 is 1.19 bits per heavy atom. The molecule has 0 aromatic heterocycles. The van der Waals surface area contributed by atoms with Crippen LogP contribution < -0.4 is 5.32 Å². The van der Waals surface area contributed by atoms with Crippen molar-refractivity contribution in [2.45, 2.75) is 19.4 Å². The molecular weight excluding hydrogens is 376 g/mol. The van der Waals surface area contributed by atoms with Crippen molar-refractivity contribution in [3.8, 4) is 0 Å². The summed E-state index contributed by atoms with van der Waals surface area (Å²) < 4.78 is 15.1. The number of rotatable bonds is 5. The molecule has 0 aliphatic rings. The zero-order valence-corrected chi connectivity index (χ0v) is 14.6. The molecule has 1 unspecified atom stereocenters. The van der Waals surface area contributed by atoms with Crippen LogP contribution in [-0.2, 0) is 0 Å². The van der Waals surface area contributed by atoms with E-state index >= 15 is 0 Å². The Bertz CT molecular complexity index is 613. The van der Waals surface area contributed by atoms with Crippen molar-refractivity contribution in [2.75, 3.05) is 6.54 Å². The molecule has 0 saturated carbocycles. The van der Waals surface area contributed by atoms with Crippen LogP contribution >= 0.6 is 39.1 Å². The molecule has 1 nitrogen and oxygen atoms in total. The minimum absolute atomic E-state index is 0.289. The van der Waals surface area contributed by atoms with Crippen LogP contribution in [0.1, 0.15) is 30.5 Å². The van der Waals surface area contributed by atoms with E-state index in [1.807, 2.05) is 0 Å². The smallest absolute Gasteiger partial charge is 0.128 e. The summed E-state index contributed by atoms with van der Waals surface area (Å²) in [6, 6.07) is 9.78. The van der Waals surface area contributed by atoms with Crippen LogP contribution in [0.5, 0.6) is 0 Å². The number of halogens is 4. The van der Waals surface area contributed by atoms with Gasteiger partial charge in [-0.2, -0.15) is 0 Å². The topological polar surface area (TPSA) is 12.0 Å². The first-order chi connectivity index (χ1) is 10.0. The summed E-state index contributed by atoms with van der Waals surface area (Å²) in [7, 11) is 0. The first kappa shape index (κ1) is 16.8. The van der Waals surface area contributed by atoms with Gasteiger partial charge < -0.3 is 5.32 Å². The molecule has 0 aliphatic carbocycles. The van der Waals surface area contributed by atoms with Gasteiger partial charge in [0.1, 0.15) is 5.82 Å². The van der Waals surface area contributed by atoms with E-state index in [0.29, 0.717) is 21.2 Å². The third kappa shape index (κ3) is 3.98. The molecule has 0 amide bonds. The van der Waals surface area contributed by atoms with Crippen molar-refractivity contribution in [1.82, 2.24) is 5.32 Å². The van der Waals surface area contributed by atoms with Crippen LogP contribution in [0, 0.1) is 5.82 Å². The summed E-state index contributed by atoms with van der Waals surface area (Å²) in [6.07, 6.45) is 0.925. The van der Waals surface area contributed by atoms with Gasteiger partial charge in [0, 0.05) is 25.6 Å². The van der Waals surface area contributed by atoms with Crippen molar-refractivity contribution in [3.63, 3.8) is 0 Å². The lowest BCUT2D eigenvalue weighted by Gasteiger charge is -2.22. The van der Waals surface area contributed by atoms with Crippen LogP contribution in [0.3, 0.4) is 0 Å². The first-order valence-corrected chi connectivity index (χ1v) is 8.21. The van der Waals surface area contributed by atoms with Crippen LogP contribution in [0.15, 0.2) is 40.9 Å². The van der Waals surface area contributed by atoms with Gasteiger partial charge >= 0.3 is 0 Å². The van der Waals surface area contributed by atoms with Gasteiger partial charge in [-0.25, -0.2) is 4.39 Å². The molecule has 5 heteroatoms. The molecule has 0 aliphatic heterocycles. The average Bonchev–Trinajstić information content (AvgIpc) is 2.45. The minimum atomic E-state index is -0.386. The molecule has 0 radical (unpaired) electrons. The first-order valence-electron chi connectivity index (χ1n) is 6.66. The molecule has 2 rings (SSSR count). The Labute approximate surface area is 142 Å². The SMILES string of the molecule is CCCNC(c1cc(Br)ccc1F)c1c(Cl)cccc1Cl. The van der Waals surface area contributed by atoms with E-state index in [-0.39, 0.29) is 11.9 Å². The largest absolute Gasteiger partial charge is 0.306 e. The van der Waals surface area contributed by atoms with Gasteiger partial charge in [-0.3, -0.25) is 0 Å². The lowest BCUT2D eigenvalue weighted by Crippen LogP contribution is -2.24. The van der Waals surface area contributed by atoms with E-state index in [1.165, 1.54) is 6.07 Å². The standard InChI is InChI=1S/C16H15BrCl2FN/c1-2-8-21-16(11-9-10(17)6-7-14(11)20)15-12(18)4-3-5-13(15)19/h3-7,9,16,21H,2,8H2,1H3. The maximum absolute atomic E-state index is 14.2. The predicted octanol–water partition coefficient (Wildman–Crippen LogP) is 5.98. The highest BCUT2D eigenvalue weighted by Crippen LogP contribution is 2.35. The Balaban J connectivity index is 2.55. The molecule has 0 bridgehead atoms. The Kier molecular flexibility index (Phi) is 6.06. The van der Waals surface area contributed by atoms with Gasteiger partial charge in [-0.05, 0) is 43.3 Å². The fraction of sp³-hybridized carbons (Fsp3) is 0.250. The van der Waals surface area contributed by atoms with E-state index in [2.05, 4.69) is 28.2 Å². The van der Waals surface area contributed by atoms with Gasteiger partial charge in [0.15, 0.2) is 0 Å². The fourth-order valence-electron chi connectivity index (χ4n) is 2.18. The van der Waals surface area contributed by atoms with Crippen molar-refractivity contribution >= 4 is 39.1 Å². The van der Waals surface area contributed by atoms with Gasteiger partial charge in [-0.15, -0.1) is 0 Å². The van der Waals surface area contributed by atoms with E-state index in [4.69, 9.17) is 23.2 Å². The van der Waals surface area contributed by atoms with Crippen molar-refractivity contribution in [3.05, 3.63) is 67.9 Å². The summed E-state index contributed by atoms with van der Waals surface area (Å²) in [5, 5.41) is 4.37. The van der Waals surface area contributed by atoms with E-state index < -0.39 is 0 Å². The zero-order valence-electron chi connectivity index (χ0n) is 11.5. The lowest BCUT2D eigenvalue weighted by molar-refractivity contribution is 0.546. The third-order valence-corrected chi connectivity index (χ3v) is 4.31. The third-order valence-electron chi connectivity index (χ3n) is 3.16. The Morgan fingerprint density at radius 3 is 2.48 bits per heavy atom. The average molecular weight is 391 g/mol. The number of hydrogen-bond acceptors (Lipinski definition) is 1. The molecular formula is C16H15BrCl2FN. The number of hydrogen-bond donors (Lipinski definition) is 1. The molecule has 1 N–H and O–H groups in total. The summed E-state index contributed by atoms with van der Waals surface area (Å²) in [5.74, 6) is -0.289. The fourth-order valence-corrected chi connectivity index (χ4v) is 3.17. The molecule has 0 heterocycles. The summed E-state index contributed by atoms with van der Waals surface area (Å²) in [4.78, 5) is 0. The zero-order chi connectivity index (χ0) is 15.4. The second-order valence-electron chi connectivity index (χ2n) is 4.69. The van der Waals surface area contributed by atoms with Gasteiger partial charge in [-0.1, -0.05) is 52.1 Å². The van der Waals surface area contributed by atoms with Gasteiger partial charge in [0.2, 0.25) is 0 Å². The Hall–Kier alpha value is -0.610. The molecule has 21 heavy (non-hydrogen) atoms. The molecule has 2 aromatic rings. The van der Waals surface area contributed by atoms with Crippen LogP contribution in [0.2, 0.25) is 10.0 Å². The second kappa shape index (κ2) is 7.59. The van der Waals surface area contributed by atoms with Gasteiger partial charge in [0.05, 0.1) is 6.04 Å². The second-order valence-corrected chi connectivity index (χ2v) is 6.42. The summed E-state index contributed by atoms with van der Waals surface area (Å²) >= 11 is 16.0. The quantitative estimate of drug-likeness (QED) is 0.661. The molecule has 0 spiro atoms. The molecule has 112 valence electrons. The van der Waals surface area contributed by atoms with Crippen LogP contribution in [0.25, 0.3) is 0 Å². The van der Waals surface area contributed by atoms with E-state index in [1.54, 1.807) is 30.3 Å². The van der Waals surface area contributed by atoms with E-state index in [9.17, 15) is 4.39 Å². The highest BCUT2D eigenvalue weighted by Gasteiger charge is 2.22. The van der Waals surface area contributed by atoms with Gasteiger partial charge in [0.25, 0.3) is 0 Å². The van der Waals surface area contributed by atoms with E-state index in [0.717, 1.165) is 17.4 Å². The van der Waals surface area contributed by atoms with Crippen LogP contribution in [-0.4, -0.2) is 6.54 Å². The molecule has 1 atom stereocenters. The molecule has 2 aromatic carbocycles. The van der Waals surface area contributed by atoms with Crippen molar-refractivity contribution in [2.24, 2.45) is 0 Å². The molecule has 0 saturated heterocycles. The predicted molar refractivity (Wildman–Crippen MR) is 90.7 cm³/mol. The normalized spacial score (nSPS) is 12.4. The molecule has 0 fully saturated rings. The highest BCUT2D eigenvalue weighted by atomic mass is 79.9. The summed E-state index contributed by atoms with van der Waals surface area (Å²) in [6.45, 7) is 2.79. The highest BCUT2D eigenvalue weighted by molar-refractivity contribution is 9.10. The summed E-state index contributed by atoms with van der Waals surface area (Å²) in [5.41, 5.74) is 1.22. The maximum Gasteiger partial charge on any atom is 0.128 e. The lowest BCUT2D eigenvalue weighted by atomic mass is 9.97. The van der Waals surface area contributed by atoms with Crippen molar-refractivity contribution < 1.29 is 4.39 Å². The minimum Gasteiger partial charge on any atom is -0.306 e. The number of nitrogens with one attached hydrogen (secondary N) is 1. The number of benzene rings is 2. The monoisotopic (exact) mass is 389 g/mol.